The van der Waals surface area contributed by atoms with Crippen LogP contribution in [0.15, 0.2) is 66.9 Å². The predicted octanol–water partition coefficient (Wildman–Crippen LogP) is 4.38. The average molecular weight is 362 g/mol. The Kier molecular flexibility index (Phi) is 6.07. The van der Waals surface area contributed by atoms with Crippen molar-refractivity contribution in [1.29, 1.82) is 0 Å². The average Bonchev–Trinajstić information content (AvgIpc) is 3.17. The van der Waals surface area contributed by atoms with Gasteiger partial charge < -0.3 is 10.2 Å². The molecule has 0 aromatic heterocycles. The van der Waals surface area contributed by atoms with Gasteiger partial charge in [-0.25, -0.2) is 0 Å². The third kappa shape index (κ3) is 4.85. The van der Waals surface area contributed by atoms with E-state index >= 15 is 0 Å². The van der Waals surface area contributed by atoms with Gasteiger partial charge in [0.1, 0.15) is 0 Å². The summed E-state index contributed by atoms with van der Waals surface area (Å²) < 4.78 is 0. The van der Waals surface area contributed by atoms with E-state index in [9.17, 15) is 9.59 Å². The van der Waals surface area contributed by atoms with Crippen LogP contribution in [0.4, 0.5) is 0 Å². The fourth-order valence-electron chi connectivity index (χ4n) is 3.58. The maximum Gasteiger partial charge on any atom is 0.255 e. The smallest absolute Gasteiger partial charge is 0.255 e. The third-order valence-electron chi connectivity index (χ3n) is 4.97. The molecule has 0 spiro atoms. The van der Waals surface area contributed by atoms with Gasteiger partial charge in [-0.2, -0.15) is 0 Å². The van der Waals surface area contributed by atoms with Crippen LogP contribution >= 0.6 is 0 Å². The summed E-state index contributed by atoms with van der Waals surface area (Å²) in [6.07, 6.45) is 2.83. The lowest BCUT2D eigenvalue weighted by atomic mass is 10.0. The van der Waals surface area contributed by atoms with Crippen LogP contribution in [0.25, 0.3) is 0 Å². The number of hydrogen-bond donors (Lipinski definition) is 1. The van der Waals surface area contributed by atoms with E-state index in [1.54, 1.807) is 12.1 Å². The largest absolute Gasteiger partial charge is 0.336 e. The van der Waals surface area contributed by atoms with Crippen LogP contribution in [0.5, 0.6) is 0 Å². The summed E-state index contributed by atoms with van der Waals surface area (Å²) in [5.41, 5.74) is 3.58. The highest BCUT2D eigenvalue weighted by atomic mass is 16.2. The first-order valence-electron chi connectivity index (χ1n) is 9.45. The molecule has 1 aliphatic heterocycles. The molecular formula is C23H26N2O2. The standard InChI is InChI=1S/C23H26N2O2/c1-17-8-6-11-20(16-17)21-12-7-15-25(21)22(26)14-13-18(2)24-23(27)19-9-4-3-5-10-19/h3-6,8-11,16,21H,2,7,12-15H2,1H3,(H,24,27). The second kappa shape index (κ2) is 8.67. The topological polar surface area (TPSA) is 49.4 Å². The van der Waals surface area contributed by atoms with Crippen molar-refractivity contribution in [2.75, 3.05) is 6.54 Å². The van der Waals surface area contributed by atoms with E-state index in [1.165, 1.54) is 11.1 Å². The predicted molar refractivity (Wildman–Crippen MR) is 107 cm³/mol. The van der Waals surface area contributed by atoms with E-state index < -0.39 is 0 Å². The van der Waals surface area contributed by atoms with E-state index in [1.807, 2.05) is 29.2 Å². The van der Waals surface area contributed by atoms with Crippen LogP contribution in [0.3, 0.4) is 0 Å². The van der Waals surface area contributed by atoms with Crippen LogP contribution in [0, 0.1) is 6.92 Å². The number of likely N-dealkylation sites (tertiary alicyclic amines) is 1. The monoisotopic (exact) mass is 362 g/mol. The second-order valence-corrected chi connectivity index (χ2v) is 7.08. The fourth-order valence-corrected chi connectivity index (χ4v) is 3.58. The molecule has 1 unspecified atom stereocenters. The number of nitrogens with zero attached hydrogens (tertiary/aromatic N) is 1. The highest BCUT2D eigenvalue weighted by Gasteiger charge is 2.29. The van der Waals surface area contributed by atoms with E-state index in [4.69, 9.17) is 0 Å². The number of hydrogen-bond acceptors (Lipinski definition) is 2. The number of carbonyl (C=O) groups is 2. The number of nitrogens with one attached hydrogen (secondary N) is 1. The lowest BCUT2D eigenvalue weighted by Crippen LogP contribution is -2.31. The molecule has 4 nitrogen and oxygen atoms in total. The number of amides is 2. The van der Waals surface area contributed by atoms with Crippen LogP contribution in [0.1, 0.15) is 53.2 Å². The van der Waals surface area contributed by atoms with Crippen LogP contribution in [-0.4, -0.2) is 23.3 Å². The van der Waals surface area contributed by atoms with Gasteiger partial charge in [0.15, 0.2) is 0 Å². The molecular weight excluding hydrogens is 336 g/mol. The number of carbonyl (C=O) groups excluding carboxylic acids is 2. The number of allylic oxidation sites excluding steroid dienone is 1. The summed E-state index contributed by atoms with van der Waals surface area (Å²) in [4.78, 5) is 26.9. The van der Waals surface area contributed by atoms with Crippen LogP contribution in [-0.2, 0) is 4.79 Å². The molecule has 140 valence electrons. The number of rotatable bonds is 6. The molecule has 1 N–H and O–H groups in total. The Labute approximate surface area is 160 Å². The summed E-state index contributed by atoms with van der Waals surface area (Å²) in [6.45, 7) is 6.77. The molecule has 2 amide bonds. The molecule has 1 aliphatic rings. The molecule has 0 radical (unpaired) electrons. The van der Waals surface area contributed by atoms with Crippen LogP contribution in [0.2, 0.25) is 0 Å². The van der Waals surface area contributed by atoms with Gasteiger partial charge in [-0.1, -0.05) is 54.6 Å². The van der Waals surface area contributed by atoms with E-state index in [-0.39, 0.29) is 17.9 Å². The van der Waals surface area contributed by atoms with E-state index in [0.29, 0.717) is 24.1 Å². The fraction of sp³-hybridized carbons (Fsp3) is 0.304. The SMILES string of the molecule is C=C(CCC(=O)N1CCCC1c1cccc(C)c1)NC(=O)c1ccccc1. The molecule has 1 atom stereocenters. The number of benzene rings is 2. The first-order valence-corrected chi connectivity index (χ1v) is 9.45. The molecule has 0 bridgehead atoms. The van der Waals surface area contributed by atoms with Crippen molar-refractivity contribution in [2.45, 2.75) is 38.6 Å². The van der Waals surface area contributed by atoms with Crippen molar-refractivity contribution in [3.63, 3.8) is 0 Å². The van der Waals surface area contributed by atoms with Gasteiger partial charge in [0.25, 0.3) is 5.91 Å². The maximum atomic E-state index is 12.7. The zero-order valence-corrected chi connectivity index (χ0v) is 15.8. The van der Waals surface area contributed by atoms with Gasteiger partial charge >= 0.3 is 0 Å². The van der Waals surface area contributed by atoms with Crippen molar-refractivity contribution >= 4 is 11.8 Å². The Morgan fingerprint density at radius 3 is 2.63 bits per heavy atom. The lowest BCUT2D eigenvalue weighted by molar-refractivity contribution is -0.132. The zero-order valence-electron chi connectivity index (χ0n) is 15.8. The quantitative estimate of drug-likeness (QED) is 0.829. The van der Waals surface area contributed by atoms with Crippen molar-refractivity contribution in [2.24, 2.45) is 0 Å². The Morgan fingerprint density at radius 1 is 1.11 bits per heavy atom. The maximum absolute atomic E-state index is 12.7. The molecule has 3 rings (SSSR count). The molecule has 1 heterocycles. The molecule has 1 saturated heterocycles. The molecule has 4 heteroatoms. The number of aryl methyl sites for hydroxylation is 1. The van der Waals surface area contributed by atoms with Gasteiger partial charge in [-0.05, 0) is 43.9 Å². The summed E-state index contributed by atoms with van der Waals surface area (Å²) in [5.74, 6) is -0.0685. The van der Waals surface area contributed by atoms with E-state index in [0.717, 1.165) is 19.4 Å². The Hall–Kier alpha value is -2.88. The van der Waals surface area contributed by atoms with Crippen molar-refractivity contribution in [3.8, 4) is 0 Å². The normalized spacial score (nSPS) is 16.2. The Bertz CT molecular complexity index is 829. The van der Waals surface area contributed by atoms with Gasteiger partial charge in [0, 0.05) is 24.2 Å². The zero-order chi connectivity index (χ0) is 19.2. The minimum atomic E-state index is -0.188. The molecule has 2 aromatic rings. The minimum absolute atomic E-state index is 0.120. The first kappa shape index (κ1) is 18.9. The van der Waals surface area contributed by atoms with Crippen molar-refractivity contribution in [1.82, 2.24) is 10.2 Å². The summed E-state index contributed by atoms with van der Waals surface area (Å²) in [5, 5.41) is 2.79. The molecule has 27 heavy (non-hydrogen) atoms. The van der Waals surface area contributed by atoms with Gasteiger partial charge in [-0.3, -0.25) is 9.59 Å². The van der Waals surface area contributed by atoms with Gasteiger partial charge in [0.05, 0.1) is 6.04 Å². The minimum Gasteiger partial charge on any atom is -0.336 e. The summed E-state index contributed by atoms with van der Waals surface area (Å²) >= 11 is 0. The highest BCUT2D eigenvalue weighted by Crippen LogP contribution is 2.33. The Balaban J connectivity index is 1.54. The third-order valence-corrected chi connectivity index (χ3v) is 4.97. The first-order chi connectivity index (χ1) is 13.0. The molecule has 2 aromatic carbocycles. The molecule has 1 fully saturated rings. The molecule has 0 aliphatic carbocycles. The second-order valence-electron chi connectivity index (χ2n) is 7.08. The highest BCUT2D eigenvalue weighted by molar-refractivity contribution is 5.95. The van der Waals surface area contributed by atoms with Crippen molar-refractivity contribution in [3.05, 3.63) is 83.6 Å². The molecule has 0 saturated carbocycles. The summed E-state index contributed by atoms with van der Waals surface area (Å²) in [6, 6.07) is 17.6. The Morgan fingerprint density at radius 2 is 1.89 bits per heavy atom. The van der Waals surface area contributed by atoms with Gasteiger partial charge in [0.2, 0.25) is 5.91 Å². The van der Waals surface area contributed by atoms with E-state index in [2.05, 4.69) is 37.0 Å². The summed E-state index contributed by atoms with van der Waals surface area (Å²) in [7, 11) is 0. The van der Waals surface area contributed by atoms with Crippen molar-refractivity contribution < 1.29 is 9.59 Å². The lowest BCUT2D eigenvalue weighted by Gasteiger charge is -2.25. The van der Waals surface area contributed by atoms with Gasteiger partial charge in [-0.15, -0.1) is 0 Å². The van der Waals surface area contributed by atoms with Crippen LogP contribution < -0.4 is 5.32 Å².